The number of anilines is 1. The van der Waals surface area contributed by atoms with Gasteiger partial charge < -0.3 is 15.7 Å². The van der Waals surface area contributed by atoms with Crippen LogP contribution in [0.5, 0.6) is 0 Å². The highest BCUT2D eigenvalue weighted by Gasteiger charge is 2.19. The number of hydrogen-bond acceptors (Lipinski definition) is 3. The quantitative estimate of drug-likeness (QED) is 0.793. The maximum atomic E-state index is 12.0. The van der Waals surface area contributed by atoms with E-state index in [-0.39, 0.29) is 17.9 Å². The highest BCUT2D eigenvalue weighted by atomic mass is 16.3. The highest BCUT2D eigenvalue weighted by molar-refractivity contribution is 5.95. The van der Waals surface area contributed by atoms with Crippen LogP contribution < -0.4 is 10.6 Å². The van der Waals surface area contributed by atoms with Crippen LogP contribution in [-0.4, -0.2) is 29.6 Å². The summed E-state index contributed by atoms with van der Waals surface area (Å²) < 4.78 is 0. The number of benzene rings is 1. The SMILES string of the molecule is CC(=O)Nc1ccc(C(=O)NCC2CCC(O)CC2)cc1. The van der Waals surface area contributed by atoms with Gasteiger partial charge in [-0.25, -0.2) is 0 Å². The van der Waals surface area contributed by atoms with Gasteiger partial charge in [0.15, 0.2) is 0 Å². The van der Waals surface area contributed by atoms with Crippen LogP contribution in [0.15, 0.2) is 24.3 Å². The van der Waals surface area contributed by atoms with Gasteiger partial charge in [-0.05, 0) is 55.9 Å². The van der Waals surface area contributed by atoms with E-state index < -0.39 is 0 Å². The molecule has 5 nitrogen and oxygen atoms in total. The third-order valence-electron chi connectivity index (χ3n) is 3.84. The van der Waals surface area contributed by atoms with E-state index >= 15 is 0 Å². The van der Waals surface area contributed by atoms with Gasteiger partial charge >= 0.3 is 0 Å². The molecule has 0 radical (unpaired) electrons. The van der Waals surface area contributed by atoms with Crippen LogP contribution >= 0.6 is 0 Å². The van der Waals surface area contributed by atoms with Crippen molar-refractivity contribution in [3.63, 3.8) is 0 Å². The zero-order valence-electron chi connectivity index (χ0n) is 12.3. The van der Waals surface area contributed by atoms with Crippen molar-refractivity contribution in [3.8, 4) is 0 Å². The maximum Gasteiger partial charge on any atom is 0.251 e. The molecule has 1 aromatic carbocycles. The molecule has 0 spiro atoms. The summed E-state index contributed by atoms with van der Waals surface area (Å²) in [4.78, 5) is 23.0. The van der Waals surface area contributed by atoms with Crippen LogP contribution in [0.2, 0.25) is 0 Å². The third kappa shape index (κ3) is 4.86. The molecule has 1 aliphatic rings. The number of carbonyl (C=O) groups is 2. The maximum absolute atomic E-state index is 12.0. The average molecular weight is 290 g/mol. The fraction of sp³-hybridized carbons (Fsp3) is 0.500. The standard InChI is InChI=1S/C16H22N2O3/c1-11(19)18-14-6-4-13(5-7-14)16(21)17-10-12-2-8-15(20)9-3-12/h4-7,12,15,20H,2-3,8-10H2,1H3,(H,17,21)(H,18,19). The van der Waals surface area contributed by atoms with Gasteiger partial charge in [-0.3, -0.25) is 9.59 Å². The Balaban J connectivity index is 1.81. The van der Waals surface area contributed by atoms with E-state index in [0.29, 0.717) is 23.7 Å². The Labute approximate surface area is 124 Å². The third-order valence-corrected chi connectivity index (χ3v) is 3.84. The fourth-order valence-corrected chi connectivity index (χ4v) is 2.60. The molecule has 0 bridgehead atoms. The monoisotopic (exact) mass is 290 g/mol. The van der Waals surface area contributed by atoms with Crippen molar-refractivity contribution >= 4 is 17.5 Å². The van der Waals surface area contributed by atoms with Crippen molar-refractivity contribution in [2.75, 3.05) is 11.9 Å². The Kier molecular flexibility index (Phi) is 5.33. The van der Waals surface area contributed by atoms with Crippen molar-refractivity contribution in [2.45, 2.75) is 38.7 Å². The highest BCUT2D eigenvalue weighted by Crippen LogP contribution is 2.23. The lowest BCUT2D eigenvalue weighted by Gasteiger charge is -2.25. The summed E-state index contributed by atoms with van der Waals surface area (Å²) in [6.07, 6.45) is 3.40. The molecule has 2 amide bonds. The van der Waals surface area contributed by atoms with Gasteiger partial charge in [-0.15, -0.1) is 0 Å². The first-order valence-electron chi connectivity index (χ1n) is 7.38. The van der Waals surface area contributed by atoms with Crippen LogP contribution in [0.4, 0.5) is 5.69 Å². The molecule has 3 N–H and O–H groups in total. The van der Waals surface area contributed by atoms with Crippen LogP contribution in [0.3, 0.4) is 0 Å². The second kappa shape index (κ2) is 7.22. The van der Waals surface area contributed by atoms with Crippen molar-refractivity contribution in [3.05, 3.63) is 29.8 Å². The van der Waals surface area contributed by atoms with E-state index in [1.807, 2.05) is 0 Å². The summed E-state index contributed by atoms with van der Waals surface area (Å²) >= 11 is 0. The number of nitrogens with one attached hydrogen (secondary N) is 2. The summed E-state index contributed by atoms with van der Waals surface area (Å²) in [6, 6.07) is 6.83. The topological polar surface area (TPSA) is 78.4 Å². The fourth-order valence-electron chi connectivity index (χ4n) is 2.60. The number of carbonyl (C=O) groups excluding carboxylic acids is 2. The summed E-state index contributed by atoms with van der Waals surface area (Å²) in [5.74, 6) is 0.221. The molecular weight excluding hydrogens is 268 g/mol. The van der Waals surface area contributed by atoms with Gasteiger partial charge in [0.05, 0.1) is 6.10 Å². The smallest absolute Gasteiger partial charge is 0.251 e. The Morgan fingerprint density at radius 1 is 1.14 bits per heavy atom. The molecule has 0 saturated heterocycles. The van der Waals surface area contributed by atoms with E-state index in [2.05, 4.69) is 10.6 Å². The molecule has 5 heteroatoms. The molecule has 0 aromatic heterocycles. The number of rotatable bonds is 4. The summed E-state index contributed by atoms with van der Waals surface area (Å²) in [5.41, 5.74) is 1.26. The molecule has 1 aliphatic carbocycles. The molecule has 1 aromatic rings. The van der Waals surface area contributed by atoms with Gasteiger partial charge in [-0.1, -0.05) is 0 Å². The predicted octanol–water partition coefficient (Wildman–Crippen LogP) is 1.93. The first-order valence-corrected chi connectivity index (χ1v) is 7.38. The minimum atomic E-state index is -0.168. The van der Waals surface area contributed by atoms with E-state index in [9.17, 15) is 14.7 Å². The lowest BCUT2D eigenvalue weighted by atomic mass is 9.87. The zero-order valence-corrected chi connectivity index (χ0v) is 12.3. The van der Waals surface area contributed by atoms with Gasteiger partial charge in [0.25, 0.3) is 5.91 Å². The molecule has 21 heavy (non-hydrogen) atoms. The second-order valence-electron chi connectivity index (χ2n) is 5.64. The number of amides is 2. The number of hydrogen-bond donors (Lipinski definition) is 3. The number of aliphatic hydroxyl groups is 1. The molecule has 0 unspecified atom stereocenters. The van der Waals surface area contributed by atoms with Gasteiger partial charge in [-0.2, -0.15) is 0 Å². The Morgan fingerprint density at radius 2 is 1.76 bits per heavy atom. The zero-order chi connectivity index (χ0) is 15.2. The van der Waals surface area contributed by atoms with Gasteiger partial charge in [0.2, 0.25) is 5.91 Å². The lowest BCUT2D eigenvalue weighted by molar-refractivity contribution is -0.114. The molecule has 2 rings (SSSR count). The molecule has 1 fully saturated rings. The van der Waals surface area contributed by atoms with E-state index in [1.165, 1.54) is 6.92 Å². The summed E-state index contributed by atoms with van der Waals surface area (Å²) in [5, 5.41) is 15.1. The Bertz CT molecular complexity index is 491. The molecule has 1 saturated carbocycles. The predicted molar refractivity (Wildman–Crippen MR) is 81.0 cm³/mol. The van der Waals surface area contributed by atoms with Crippen LogP contribution in [0.1, 0.15) is 43.0 Å². The first-order chi connectivity index (χ1) is 10.0. The average Bonchev–Trinajstić information content (AvgIpc) is 2.46. The van der Waals surface area contributed by atoms with Crippen molar-refractivity contribution in [1.82, 2.24) is 5.32 Å². The molecule has 114 valence electrons. The Morgan fingerprint density at radius 3 is 2.33 bits per heavy atom. The summed E-state index contributed by atoms with van der Waals surface area (Å²) in [6.45, 7) is 2.10. The lowest BCUT2D eigenvalue weighted by Crippen LogP contribution is -2.32. The minimum Gasteiger partial charge on any atom is -0.393 e. The molecular formula is C16H22N2O3. The van der Waals surface area contributed by atoms with E-state index in [0.717, 1.165) is 25.7 Å². The van der Waals surface area contributed by atoms with Crippen molar-refractivity contribution in [2.24, 2.45) is 5.92 Å². The van der Waals surface area contributed by atoms with Crippen molar-refractivity contribution in [1.29, 1.82) is 0 Å². The molecule has 0 aliphatic heterocycles. The normalized spacial score (nSPS) is 21.6. The first kappa shape index (κ1) is 15.5. The summed E-state index contributed by atoms with van der Waals surface area (Å²) in [7, 11) is 0. The second-order valence-corrected chi connectivity index (χ2v) is 5.64. The number of aliphatic hydroxyl groups excluding tert-OH is 1. The van der Waals surface area contributed by atoms with E-state index in [1.54, 1.807) is 24.3 Å². The minimum absolute atomic E-state index is 0.101. The van der Waals surface area contributed by atoms with Crippen LogP contribution in [0, 0.1) is 5.92 Å². The molecule has 0 heterocycles. The molecule has 0 atom stereocenters. The van der Waals surface area contributed by atoms with Gasteiger partial charge in [0, 0.05) is 24.7 Å². The Hall–Kier alpha value is -1.88. The van der Waals surface area contributed by atoms with Gasteiger partial charge in [0.1, 0.15) is 0 Å². The van der Waals surface area contributed by atoms with Crippen molar-refractivity contribution < 1.29 is 14.7 Å². The largest absolute Gasteiger partial charge is 0.393 e. The van der Waals surface area contributed by atoms with E-state index in [4.69, 9.17) is 0 Å². The van der Waals surface area contributed by atoms with Crippen LogP contribution in [-0.2, 0) is 4.79 Å². The van der Waals surface area contributed by atoms with Crippen LogP contribution in [0.25, 0.3) is 0 Å².